The van der Waals surface area contributed by atoms with Gasteiger partial charge in [0, 0.05) is 12.5 Å². The highest BCUT2D eigenvalue weighted by Gasteiger charge is 2.35. The molecule has 1 N–H and O–H groups in total. The number of hydrogen-bond donors (Lipinski definition) is 1. The van der Waals surface area contributed by atoms with Gasteiger partial charge in [0.15, 0.2) is 0 Å². The van der Waals surface area contributed by atoms with Crippen LogP contribution in [0.3, 0.4) is 0 Å². The number of hydrogen-bond acceptors (Lipinski definition) is 4. The van der Waals surface area contributed by atoms with E-state index in [9.17, 15) is 14.4 Å². The van der Waals surface area contributed by atoms with E-state index in [0.717, 1.165) is 18.4 Å². The highest BCUT2D eigenvalue weighted by molar-refractivity contribution is 5.89. The first-order valence-corrected chi connectivity index (χ1v) is 8.80. The molecule has 0 aromatic heterocycles. The Morgan fingerprint density at radius 2 is 2.00 bits per heavy atom. The number of esters is 1. The maximum absolute atomic E-state index is 12.4. The Balaban J connectivity index is 1.84. The van der Waals surface area contributed by atoms with E-state index in [1.807, 2.05) is 44.2 Å². The van der Waals surface area contributed by atoms with Gasteiger partial charge in [0.25, 0.3) is 0 Å². The molecule has 2 amide bonds. The van der Waals surface area contributed by atoms with Crippen molar-refractivity contribution in [1.82, 2.24) is 10.2 Å². The average Bonchev–Trinajstić information content (AvgIpc) is 3.14. The molecule has 6 heteroatoms. The van der Waals surface area contributed by atoms with Gasteiger partial charge in [-0.2, -0.15) is 0 Å². The van der Waals surface area contributed by atoms with Gasteiger partial charge in [0.2, 0.25) is 11.8 Å². The number of carbonyl (C=O) groups excluding carboxylic acids is 3. The second-order valence-corrected chi connectivity index (χ2v) is 6.37. The number of ether oxygens (including phenoxy) is 1. The molecule has 1 aliphatic rings. The maximum atomic E-state index is 12.4. The minimum atomic E-state index is -0.559. The van der Waals surface area contributed by atoms with E-state index in [0.29, 0.717) is 13.0 Å². The first kappa shape index (κ1) is 19.0. The molecule has 6 nitrogen and oxygen atoms in total. The third-order valence-electron chi connectivity index (χ3n) is 4.54. The molecule has 0 bridgehead atoms. The Kier molecular flexibility index (Phi) is 6.98. The van der Waals surface area contributed by atoms with Crippen molar-refractivity contribution in [2.45, 2.75) is 45.8 Å². The summed E-state index contributed by atoms with van der Waals surface area (Å²) in [5.41, 5.74) is 0.910. The molecule has 2 atom stereocenters. The summed E-state index contributed by atoms with van der Waals surface area (Å²) in [6.45, 7) is 4.38. The summed E-state index contributed by atoms with van der Waals surface area (Å²) >= 11 is 0. The fourth-order valence-electron chi connectivity index (χ4n) is 2.76. The van der Waals surface area contributed by atoms with Crippen LogP contribution in [-0.2, 0) is 25.7 Å². The highest BCUT2D eigenvalue weighted by atomic mass is 16.5. The summed E-state index contributed by atoms with van der Waals surface area (Å²) in [5, 5.41) is 2.65. The van der Waals surface area contributed by atoms with Crippen molar-refractivity contribution in [2.24, 2.45) is 5.92 Å². The van der Waals surface area contributed by atoms with Crippen LogP contribution in [0, 0.1) is 5.92 Å². The molecule has 1 heterocycles. The SMILES string of the molecule is CC[C@H](C)C(=O)NCC(=O)N1CCC[C@@H]1C(=O)OCc1ccccc1. The molecule has 25 heavy (non-hydrogen) atoms. The van der Waals surface area contributed by atoms with Crippen molar-refractivity contribution < 1.29 is 19.1 Å². The molecule has 0 saturated carbocycles. The van der Waals surface area contributed by atoms with Crippen molar-refractivity contribution in [1.29, 1.82) is 0 Å². The maximum Gasteiger partial charge on any atom is 0.329 e. The van der Waals surface area contributed by atoms with Crippen molar-refractivity contribution in [3.8, 4) is 0 Å². The number of benzene rings is 1. The zero-order valence-corrected chi connectivity index (χ0v) is 14.9. The lowest BCUT2D eigenvalue weighted by Gasteiger charge is -2.23. The van der Waals surface area contributed by atoms with Crippen LogP contribution in [0.2, 0.25) is 0 Å². The summed E-state index contributed by atoms with van der Waals surface area (Å²) in [6.07, 6.45) is 2.08. The van der Waals surface area contributed by atoms with E-state index >= 15 is 0 Å². The van der Waals surface area contributed by atoms with Crippen molar-refractivity contribution in [3.05, 3.63) is 35.9 Å². The minimum absolute atomic E-state index is 0.0777. The van der Waals surface area contributed by atoms with Crippen LogP contribution in [0.1, 0.15) is 38.7 Å². The lowest BCUT2D eigenvalue weighted by atomic mass is 10.1. The zero-order chi connectivity index (χ0) is 18.2. The number of nitrogens with one attached hydrogen (secondary N) is 1. The van der Waals surface area contributed by atoms with Crippen LogP contribution in [0.5, 0.6) is 0 Å². The van der Waals surface area contributed by atoms with Gasteiger partial charge in [-0.05, 0) is 24.8 Å². The number of carbonyl (C=O) groups is 3. The van der Waals surface area contributed by atoms with Crippen LogP contribution in [0.15, 0.2) is 30.3 Å². The van der Waals surface area contributed by atoms with Crippen LogP contribution in [-0.4, -0.2) is 41.8 Å². The van der Waals surface area contributed by atoms with E-state index in [1.54, 1.807) is 0 Å². The smallest absolute Gasteiger partial charge is 0.329 e. The van der Waals surface area contributed by atoms with Crippen LogP contribution in [0.25, 0.3) is 0 Å². The van der Waals surface area contributed by atoms with E-state index < -0.39 is 6.04 Å². The van der Waals surface area contributed by atoms with Crippen LogP contribution in [0.4, 0.5) is 0 Å². The molecule has 136 valence electrons. The number of rotatable bonds is 7. The largest absolute Gasteiger partial charge is 0.459 e. The number of nitrogens with zero attached hydrogens (tertiary/aromatic N) is 1. The fourth-order valence-corrected chi connectivity index (χ4v) is 2.76. The van der Waals surface area contributed by atoms with Gasteiger partial charge in [-0.15, -0.1) is 0 Å². The Morgan fingerprint density at radius 3 is 2.68 bits per heavy atom. The second-order valence-electron chi connectivity index (χ2n) is 6.37. The van der Waals surface area contributed by atoms with Gasteiger partial charge in [-0.25, -0.2) is 4.79 Å². The van der Waals surface area contributed by atoms with Gasteiger partial charge in [-0.3, -0.25) is 9.59 Å². The molecule has 0 radical (unpaired) electrons. The highest BCUT2D eigenvalue weighted by Crippen LogP contribution is 2.19. The Labute approximate surface area is 148 Å². The Bertz CT molecular complexity index is 603. The van der Waals surface area contributed by atoms with Crippen LogP contribution >= 0.6 is 0 Å². The fraction of sp³-hybridized carbons (Fsp3) is 0.526. The molecule has 1 aliphatic heterocycles. The third kappa shape index (κ3) is 5.31. The first-order chi connectivity index (χ1) is 12.0. The number of likely N-dealkylation sites (tertiary alicyclic amines) is 1. The predicted molar refractivity (Wildman–Crippen MR) is 93.4 cm³/mol. The monoisotopic (exact) mass is 346 g/mol. The Morgan fingerprint density at radius 1 is 1.28 bits per heavy atom. The van der Waals surface area contributed by atoms with Crippen molar-refractivity contribution in [3.63, 3.8) is 0 Å². The summed E-state index contributed by atoms with van der Waals surface area (Å²) in [5.74, 6) is -0.893. The molecule has 0 spiro atoms. The second kappa shape index (κ2) is 9.20. The summed E-state index contributed by atoms with van der Waals surface area (Å²) in [4.78, 5) is 38.0. The molecule has 0 aliphatic carbocycles. The normalized spacial score (nSPS) is 17.8. The topological polar surface area (TPSA) is 75.7 Å². The van der Waals surface area contributed by atoms with E-state index in [2.05, 4.69) is 5.32 Å². The van der Waals surface area contributed by atoms with Gasteiger partial charge in [0.05, 0.1) is 6.54 Å². The molecular formula is C19H26N2O4. The standard InChI is InChI=1S/C19H26N2O4/c1-3-14(2)18(23)20-12-17(22)21-11-7-10-16(21)19(24)25-13-15-8-5-4-6-9-15/h4-6,8-9,14,16H,3,7,10-13H2,1-2H3,(H,20,23)/t14-,16+/m0/s1. The van der Waals surface area contributed by atoms with Crippen LogP contribution < -0.4 is 5.32 Å². The molecule has 0 unspecified atom stereocenters. The lowest BCUT2D eigenvalue weighted by Crippen LogP contribution is -2.46. The molecular weight excluding hydrogens is 320 g/mol. The quantitative estimate of drug-likeness (QED) is 0.765. The molecule has 1 fully saturated rings. The van der Waals surface area contributed by atoms with E-state index in [1.165, 1.54) is 4.90 Å². The summed E-state index contributed by atoms with van der Waals surface area (Å²) < 4.78 is 5.35. The summed E-state index contributed by atoms with van der Waals surface area (Å²) in [7, 11) is 0. The van der Waals surface area contributed by atoms with Gasteiger partial charge >= 0.3 is 5.97 Å². The average molecular weight is 346 g/mol. The predicted octanol–water partition coefficient (Wildman–Crippen LogP) is 1.88. The third-order valence-corrected chi connectivity index (χ3v) is 4.54. The molecule has 2 rings (SSSR count). The molecule has 1 aromatic rings. The minimum Gasteiger partial charge on any atom is -0.459 e. The zero-order valence-electron chi connectivity index (χ0n) is 14.9. The van der Waals surface area contributed by atoms with Gasteiger partial charge in [-0.1, -0.05) is 44.2 Å². The van der Waals surface area contributed by atoms with E-state index in [4.69, 9.17) is 4.74 Å². The van der Waals surface area contributed by atoms with E-state index in [-0.39, 0.29) is 36.9 Å². The van der Waals surface area contributed by atoms with Crippen molar-refractivity contribution in [2.75, 3.05) is 13.1 Å². The summed E-state index contributed by atoms with van der Waals surface area (Å²) in [6, 6.07) is 8.88. The number of amides is 2. The first-order valence-electron chi connectivity index (χ1n) is 8.80. The van der Waals surface area contributed by atoms with Gasteiger partial charge in [0.1, 0.15) is 12.6 Å². The molecule has 1 saturated heterocycles. The lowest BCUT2D eigenvalue weighted by molar-refractivity contribution is -0.154. The van der Waals surface area contributed by atoms with Gasteiger partial charge < -0.3 is 15.0 Å². The molecule has 1 aromatic carbocycles. The van der Waals surface area contributed by atoms with Crippen molar-refractivity contribution >= 4 is 17.8 Å². The Hall–Kier alpha value is -2.37.